The molecule has 0 radical (unpaired) electrons. The first-order valence-corrected chi connectivity index (χ1v) is 7.33. The monoisotopic (exact) mass is 307 g/mol. The van der Waals surface area contributed by atoms with Crippen molar-refractivity contribution in [1.29, 1.82) is 0 Å². The highest BCUT2D eigenvalue weighted by atomic mass is 35.5. The van der Waals surface area contributed by atoms with Crippen LogP contribution in [0.2, 0.25) is 5.02 Å². The molecule has 1 N–H and O–H groups in total. The smallest absolute Gasteiger partial charge is 0.169 e. The number of rotatable bonds is 6. The van der Waals surface area contributed by atoms with Crippen molar-refractivity contribution < 1.29 is 9.13 Å². The van der Waals surface area contributed by atoms with Gasteiger partial charge in [-0.05, 0) is 36.7 Å². The first-order valence-electron chi connectivity index (χ1n) is 6.96. The molecule has 0 aliphatic carbocycles. The van der Waals surface area contributed by atoms with Gasteiger partial charge in [0.25, 0.3) is 0 Å². The summed E-state index contributed by atoms with van der Waals surface area (Å²) < 4.78 is 19.5. The van der Waals surface area contributed by atoms with Gasteiger partial charge in [0.05, 0.1) is 7.11 Å². The van der Waals surface area contributed by atoms with E-state index < -0.39 is 0 Å². The molecule has 0 aliphatic heterocycles. The molecule has 0 heterocycles. The molecule has 0 amide bonds. The lowest BCUT2D eigenvalue weighted by Gasteiger charge is -2.20. The highest BCUT2D eigenvalue weighted by molar-refractivity contribution is 6.30. The molecule has 2 rings (SSSR count). The summed E-state index contributed by atoms with van der Waals surface area (Å²) in [6.07, 6.45) is 0.665. The van der Waals surface area contributed by atoms with E-state index in [-0.39, 0.29) is 17.6 Å². The minimum absolute atomic E-state index is 0.122. The van der Waals surface area contributed by atoms with E-state index in [0.29, 0.717) is 17.0 Å². The van der Waals surface area contributed by atoms with Crippen molar-refractivity contribution >= 4 is 11.6 Å². The Kier molecular flexibility index (Phi) is 5.59. The van der Waals surface area contributed by atoms with Crippen LogP contribution < -0.4 is 10.1 Å². The largest absolute Gasteiger partial charge is 0.494 e. The van der Waals surface area contributed by atoms with Gasteiger partial charge in [0, 0.05) is 16.6 Å². The fourth-order valence-corrected chi connectivity index (χ4v) is 2.61. The van der Waals surface area contributed by atoms with E-state index in [2.05, 4.69) is 5.32 Å². The summed E-state index contributed by atoms with van der Waals surface area (Å²) in [5.41, 5.74) is 1.67. The molecule has 21 heavy (non-hydrogen) atoms. The molecule has 0 aliphatic rings. The van der Waals surface area contributed by atoms with Crippen molar-refractivity contribution in [2.24, 2.45) is 0 Å². The van der Waals surface area contributed by atoms with Crippen LogP contribution in [0.4, 0.5) is 4.39 Å². The molecular weight excluding hydrogens is 289 g/mol. The van der Waals surface area contributed by atoms with E-state index in [9.17, 15) is 4.39 Å². The number of ether oxygens (including phenoxy) is 1. The average Bonchev–Trinajstić information content (AvgIpc) is 2.47. The molecule has 0 bridgehead atoms. The summed E-state index contributed by atoms with van der Waals surface area (Å²) in [7, 11) is 1.47. The maximum Gasteiger partial charge on any atom is 0.169 e. The Hall–Kier alpha value is -1.58. The third-order valence-corrected chi connectivity index (χ3v) is 3.60. The molecular formula is C17H19ClFNO. The quantitative estimate of drug-likeness (QED) is 0.855. The fourth-order valence-electron chi connectivity index (χ4n) is 2.39. The highest BCUT2D eigenvalue weighted by Gasteiger charge is 2.18. The van der Waals surface area contributed by atoms with Crippen molar-refractivity contribution in [3.8, 4) is 5.75 Å². The molecule has 1 atom stereocenters. The highest BCUT2D eigenvalue weighted by Crippen LogP contribution is 2.27. The predicted molar refractivity (Wildman–Crippen MR) is 84.5 cm³/mol. The first kappa shape index (κ1) is 15.8. The number of likely N-dealkylation sites (N-methyl/N-ethyl adjacent to an activating group) is 1. The van der Waals surface area contributed by atoms with E-state index in [4.69, 9.17) is 16.3 Å². The number of benzene rings is 2. The number of halogens is 2. The van der Waals surface area contributed by atoms with Crippen molar-refractivity contribution in [3.05, 3.63) is 64.4 Å². The maximum atomic E-state index is 14.4. The molecule has 0 saturated heterocycles. The SMILES string of the molecule is CCNC(Cc1cccc(Cl)c1)c1cccc(OC)c1F. The topological polar surface area (TPSA) is 21.3 Å². The van der Waals surface area contributed by atoms with Crippen LogP contribution in [0.25, 0.3) is 0 Å². The second-order valence-electron chi connectivity index (χ2n) is 4.81. The summed E-state index contributed by atoms with van der Waals surface area (Å²) in [5.74, 6) is -0.0468. The van der Waals surface area contributed by atoms with Gasteiger partial charge in [-0.25, -0.2) is 4.39 Å². The lowest BCUT2D eigenvalue weighted by atomic mass is 9.98. The third-order valence-electron chi connectivity index (χ3n) is 3.37. The van der Waals surface area contributed by atoms with Gasteiger partial charge < -0.3 is 10.1 Å². The van der Waals surface area contributed by atoms with Crippen molar-refractivity contribution in [1.82, 2.24) is 5.32 Å². The average molecular weight is 308 g/mol. The van der Waals surface area contributed by atoms with Crippen LogP contribution in [0.1, 0.15) is 24.1 Å². The van der Waals surface area contributed by atoms with Crippen LogP contribution in [0.3, 0.4) is 0 Å². The molecule has 0 saturated carbocycles. The lowest BCUT2D eigenvalue weighted by Crippen LogP contribution is -2.24. The Bertz CT molecular complexity index is 603. The second kappa shape index (κ2) is 7.43. The van der Waals surface area contributed by atoms with Crippen LogP contribution in [-0.4, -0.2) is 13.7 Å². The zero-order valence-corrected chi connectivity index (χ0v) is 13.0. The minimum Gasteiger partial charge on any atom is -0.494 e. The van der Waals surface area contributed by atoms with E-state index in [1.807, 2.05) is 31.2 Å². The van der Waals surface area contributed by atoms with Gasteiger partial charge in [-0.15, -0.1) is 0 Å². The summed E-state index contributed by atoms with van der Waals surface area (Å²) in [6, 6.07) is 12.7. The molecule has 0 aromatic heterocycles. The number of hydrogen-bond donors (Lipinski definition) is 1. The minimum atomic E-state index is -0.312. The van der Waals surface area contributed by atoms with Crippen molar-refractivity contribution in [3.63, 3.8) is 0 Å². The Morgan fingerprint density at radius 1 is 1.24 bits per heavy atom. The van der Waals surface area contributed by atoms with Crippen LogP contribution >= 0.6 is 11.6 Å². The molecule has 2 aromatic rings. The van der Waals surface area contributed by atoms with E-state index in [1.165, 1.54) is 7.11 Å². The normalized spacial score (nSPS) is 12.2. The van der Waals surface area contributed by atoms with Crippen LogP contribution in [0.15, 0.2) is 42.5 Å². The summed E-state index contributed by atoms with van der Waals surface area (Å²) >= 11 is 6.02. The van der Waals surface area contributed by atoms with Gasteiger partial charge in [-0.1, -0.05) is 42.8 Å². The van der Waals surface area contributed by atoms with Gasteiger partial charge in [0.2, 0.25) is 0 Å². The van der Waals surface area contributed by atoms with Gasteiger partial charge in [-0.3, -0.25) is 0 Å². The van der Waals surface area contributed by atoms with E-state index >= 15 is 0 Å². The molecule has 112 valence electrons. The molecule has 0 fully saturated rings. The molecule has 2 nitrogen and oxygen atoms in total. The Morgan fingerprint density at radius 3 is 2.67 bits per heavy atom. The number of methoxy groups -OCH3 is 1. The molecule has 2 aromatic carbocycles. The lowest BCUT2D eigenvalue weighted by molar-refractivity contribution is 0.379. The van der Waals surface area contributed by atoms with Crippen molar-refractivity contribution in [2.45, 2.75) is 19.4 Å². The van der Waals surface area contributed by atoms with Crippen LogP contribution in [0.5, 0.6) is 5.75 Å². The summed E-state index contributed by atoms with van der Waals surface area (Å²) in [5, 5.41) is 4.01. The van der Waals surface area contributed by atoms with Gasteiger partial charge in [-0.2, -0.15) is 0 Å². The van der Waals surface area contributed by atoms with Gasteiger partial charge in [0.1, 0.15) is 0 Å². The zero-order chi connectivity index (χ0) is 15.2. The van der Waals surface area contributed by atoms with Gasteiger partial charge >= 0.3 is 0 Å². The maximum absolute atomic E-state index is 14.4. The van der Waals surface area contributed by atoms with Crippen molar-refractivity contribution in [2.75, 3.05) is 13.7 Å². The summed E-state index contributed by atoms with van der Waals surface area (Å²) in [6.45, 7) is 2.75. The standard InChI is InChI=1S/C17H19ClFNO/c1-3-20-15(11-12-6-4-7-13(18)10-12)14-8-5-9-16(21-2)17(14)19/h4-10,15,20H,3,11H2,1-2H3. The number of nitrogens with one attached hydrogen (secondary N) is 1. The van der Waals surface area contributed by atoms with Crippen LogP contribution in [0, 0.1) is 5.82 Å². The first-order chi connectivity index (χ1) is 10.2. The molecule has 0 spiro atoms. The predicted octanol–water partition coefficient (Wildman–Crippen LogP) is 4.38. The van der Waals surface area contributed by atoms with Crippen LogP contribution in [-0.2, 0) is 6.42 Å². The Labute approximate surface area is 129 Å². The summed E-state index contributed by atoms with van der Waals surface area (Å²) in [4.78, 5) is 0. The molecule has 4 heteroatoms. The van der Waals surface area contributed by atoms with E-state index in [1.54, 1.807) is 18.2 Å². The van der Waals surface area contributed by atoms with Gasteiger partial charge in [0.15, 0.2) is 11.6 Å². The second-order valence-corrected chi connectivity index (χ2v) is 5.24. The van der Waals surface area contributed by atoms with E-state index in [0.717, 1.165) is 12.1 Å². The zero-order valence-electron chi connectivity index (χ0n) is 12.2. The fraction of sp³-hybridized carbons (Fsp3) is 0.294. The number of hydrogen-bond acceptors (Lipinski definition) is 2. The Morgan fingerprint density at radius 2 is 2.00 bits per heavy atom. The Balaban J connectivity index is 2.31. The third kappa shape index (κ3) is 3.96. The molecule has 1 unspecified atom stereocenters.